The largest absolute Gasteiger partial charge is 0.158 e. The van der Waals surface area contributed by atoms with Gasteiger partial charge in [0.15, 0.2) is 0 Å². The molecule has 0 saturated heterocycles. The van der Waals surface area contributed by atoms with E-state index in [-0.39, 0.29) is 0 Å². The van der Waals surface area contributed by atoms with E-state index in [0.29, 0.717) is 5.92 Å². The van der Waals surface area contributed by atoms with Gasteiger partial charge in [0.25, 0.3) is 0 Å². The molecule has 5 aromatic rings. The Morgan fingerprint density at radius 3 is 2.30 bits per heavy atom. The van der Waals surface area contributed by atoms with Crippen LogP contribution in [0.1, 0.15) is 54.4 Å². The van der Waals surface area contributed by atoms with Gasteiger partial charge in [-0.1, -0.05) is 107 Å². The van der Waals surface area contributed by atoms with Gasteiger partial charge in [0.2, 0.25) is 0 Å². The minimum atomic E-state index is 0.370. The standard InChI is InChI=1S/C26H23Br.C8H6N2/c1-17(20-8-4-9-21(27)16-20)22-11-5-7-19-13-14-24-23-10-3-2-6-18(23)12-15-25(24)26(19)22;1-2-4-8-6-10-9-5-7(8)3-1/h3-5,7-11,13-14,16-17H,2,6,12,15H2,1H3;1-6H. The number of fused-ring (bicyclic) bond motifs is 5. The van der Waals surface area contributed by atoms with Crippen molar-refractivity contribution in [1.82, 2.24) is 10.2 Å². The van der Waals surface area contributed by atoms with E-state index in [9.17, 15) is 0 Å². The van der Waals surface area contributed by atoms with Crippen LogP contribution < -0.4 is 0 Å². The van der Waals surface area contributed by atoms with Gasteiger partial charge in [-0.15, -0.1) is 0 Å². The van der Waals surface area contributed by atoms with E-state index in [2.05, 4.69) is 99.8 Å². The minimum Gasteiger partial charge on any atom is -0.158 e. The molecule has 2 nitrogen and oxygen atoms in total. The zero-order chi connectivity index (χ0) is 25.2. The lowest BCUT2D eigenvalue weighted by Gasteiger charge is -2.27. The molecule has 0 fully saturated rings. The van der Waals surface area contributed by atoms with Crippen LogP contribution in [0.3, 0.4) is 0 Å². The van der Waals surface area contributed by atoms with Gasteiger partial charge < -0.3 is 0 Å². The Morgan fingerprint density at radius 2 is 1.51 bits per heavy atom. The van der Waals surface area contributed by atoms with E-state index in [1.54, 1.807) is 23.5 Å². The summed E-state index contributed by atoms with van der Waals surface area (Å²) >= 11 is 3.64. The summed E-state index contributed by atoms with van der Waals surface area (Å²) in [7, 11) is 0. The Balaban J connectivity index is 0.000000210. The number of hydrogen-bond acceptors (Lipinski definition) is 2. The molecule has 0 radical (unpaired) electrons. The maximum absolute atomic E-state index is 3.76. The number of nitrogens with zero attached hydrogens (tertiary/aromatic N) is 2. The lowest BCUT2D eigenvalue weighted by molar-refractivity contribution is 0.829. The van der Waals surface area contributed by atoms with Crippen molar-refractivity contribution < 1.29 is 0 Å². The third-order valence-corrected chi connectivity index (χ3v) is 8.20. The number of halogens is 1. The fourth-order valence-corrected chi connectivity index (χ4v) is 6.19. The average Bonchev–Trinajstić information content (AvgIpc) is 2.96. The molecule has 0 bridgehead atoms. The van der Waals surface area contributed by atoms with Crippen LogP contribution in [-0.4, -0.2) is 10.2 Å². The third kappa shape index (κ3) is 4.76. The van der Waals surface area contributed by atoms with Crippen LogP contribution in [0.25, 0.3) is 27.1 Å². The van der Waals surface area contributed by atoms with Crippen molar-refractivity contribution in [3.63, 3.8) is 0 Å². The van der Waals surface area contributed by atoms with Crippen molar-refractivity contribution >= 4 is 43.0 Å². The highest BCUT2D eigenvalue weighted by Crippen LogP contribution is 2.42. The first-order chi connectivity index (χ1) is 18.2. The normalized spacial score (nSPS) is 15.1. The first kappa shape index (κ1) is 23.8. The first-order valence-corrected chi connectivity index (χ1v) is 13.8. The van der Waals surface area contributed by atoms with Gasteiger partial charge >= 0.3 is 0 Å². The summed E-state index contributed by atoms with van der Waals surface area (Å²) in [6, 6.07) is 28.2. The zero-order valence-corrected chi connectivity index (χ0v) is 22.6. The summed E-state index contributed by atoms with van der Waals surface area (Å²) < 4.78 is 1.15. The molecule has 2 aliphatic rings. The van der Waals surface area contributed by atoms with Crippen molar-refractivity contribution in [3.8, 4) is 0 Å². The molecular weight excluding hydrogens is 516 g/mol. The number of aromatic nitrogens is 2. The highest BCUT2D eigenvalue weighted by Gasteiger charge is 2.23. The lowest BCUT2D eigenvalue weighted by atomic mass is 9.77. The predicted molar refractivity (Wildman–Crippen MR) is 159 cm³/mol. The van der Waals surface area contributed by atoms with Crippen molar-refractivity contribution in [2.45, 2.75) is 38.5 Å². The van der Waals surface area contributed by atoms with Crippen molar-refractivity contribution in [3.05, 3.63) is 136 Å². The molecule has 1 heterocycles. The summed E-state index contributed by atoms with van der Waals surface area (Å²) in [4.78, 5) is 0. The van der Waals surface area contributed by atoms with Crippen LogP contribution in [0.2, 0.25) is 0 Å². The second-order valence-corrected chi connectivity index (χ2v) is 10.8. The van der Waals surface area contributed by atoms with Gasteiger partial charge in [-0.05, 0) is 76.4 Å². The van der Waals surface area contributed by atoms with Crippen LogP contribution in [0.5, 0.6) is 0 Å². The van der Waals surface area contributed by atoms with E-state index >= 15 is 0 Å². The number of aryl methyl sites for hydroxylation is 1. The molecule has 7 rings (SSSR count). The second kappa shape index (κ2) is 10.4. The molecule has 0 N–H and O–H groups in total. The van der Waals surface area contributed by atoms with Gasteiger partial charge in [0.05, 0.1) is 12.4 Å². The highest BCUT2D eigenvalue weighted by molar-refractivity contribution is 9.10. The molecule has 2 aliphatic carbocycles. The third-order valence-electron chi connectivity index (χ3n) is 7.70. The first-order valence-electron chi connectivity index (χ1n) is 13.0. The number of allylic oxidation sites excluding steroid dienone is 4. The van der Waals surface area contributed by atoms with Gasteiger partial charge in [0, 0.05) is 21.2 Å². The Labute approximate surface area is 226 Å². The topological polar surface area (TPSA) is 25.8 Å². The van der Waals surface area contributed by atoms with E-state index in [4.69, 9.17) is 0 Å². The summed E-state index contributed by atoms with van der Waals surface area (Å²) in [6.07, 6.45) is 13.0. The summed E-state index contributed by atoms with van der Waals surface area (Å²) in [5.41, 5.74) is 8.98. The second-order valence-electron chi connectivity index (χ2n) is 9.89. The van der Waals surface area contributed by atoms with Crippen LogP contribution in [0, 0.1) is 0 Å². The van der Waals surface area contributed by atoms with Crippen molar-refractivity contribution in [2.24, 2.45) is 0 Å². The molecule has 0 aliphatic heterocycles. The SMILES string of the molecule is CC(c1cccc(Br)c1)c1cccc2ccc3c(c12)CCC1=C3C=CCC1.c1ccc2cnncc2c1. The van der Waals surface area contributed by atoms with Crippen molar-refractivity contribution in [2.75, 3.05) is 0 Å². The maximum atomic E-state index is 3.76. The van der Waals surface area contributed by atoms with Crippen molar-refractivity contribution in [1.29, 1.82) is 0 Å². The molecule has 0 saturated carbocycles. The number of benzene rings is 4. The highest BCUT2D eigenvalue weighted by atomic mass is 79.9. The molecule has 1 atom stereocenters. The minimum absolute atomic E-state index is 0.370. The Bertz CT molecular complexity index is 1600. The molecule has 0 amide bonds. The summed E-state index contributed by atoms with van der Waals surface area (Å²) in [6.45, 7) is 2.34. The quantitative estimate of drug-likeness (QED) is 0.221. The van der Waals surface area contributed by atoms with Gasteiger partial charge in [-0.25, -0.2) is 0 Å². The van der Waals surface area contributed by atoms with Crippen LogP contribution >= 0.6 is 15.9 Å². The molecular formula is C34H29BrN2. The molecule has 1 aromatic heterocycles. The molecule has 4 aromatic carbocycles. The van der Waals surface area contributed by atoms with Crippen LogP contribution in [-0.2, 0) is 6.42 Å². The number of hydrogen-bond donors (Lipinski definition) is 0. The molecule has 0 spiro atoms. The van der Waals surface area contributed by atoms with E-state index in [0.717, 1.165) is 15.2 Å². The van der Waals surface area contributed by atoms with Crippen LogP contribution in [0.15, 0.2) is 113 Å². The van der Waals surface area contributed by atoms with Gasteiger partial charge in [0.1, 0.15) is 0 Å². The van der Waals surface area contributed by atoms with E-state index in [1.165, 1.54) is 58.7 Å². The number of rotatable bonds is 2. The zero-order valence-electron chi connectivity index (χ0n) is 21.0. The smallest absolute Gasteiger partial charge is 0.0574 e. The Hall–Kier alpha value is -3.56. The van der Waals surface area contributed by atoms with E-state index < -0.39 is 0 Å². The molecule has 1 unspecified atom stereocenters. The maximum Gasteiger partial charge on any atom is 0.0574 e. The molecule has 37 heavy (non-hydrogen) atoms. The Morgan fingerprint density at radius 1 is 0.757 bits per heavy atom. The van der Waals surface area contributed by atoms with Gasteiger partial charge in [-0.2, -0.15) is 10.2 Å². The predicted octanol–water partition coefficient (Wildman–Crippen LogP) is 9.43. The summed E-state index contributed by atoms with van der Waals surface area (Å²) in [5, 5.41) is 12.7. The molecule has 3 heteroatoms. The van der Waals surface area contributed by atoms with Crippen LogP contribution in [0.4, 0.5) is 0 Å². The summed E-state index contributed by atoms with van der Waals surface area (Å²) in [5.74, 6) is 0.370. The van der Waals surface area contributed by atoms with Gasteiger partial charge in [-0.3, -0.25) is 0 Å². The fraction of sp³-hybridized carbons (Fsp3) is 0.176. The Kier molecular flexibility index (Phi) is 6.72. The lowest BCUT2D eigenvalue weighted by Crippen LogP contribution is -2.08. The fourth-order valence-electron chi connectivity index (χ4n) is 5.78. The monoisotopic (exact) mass is 544 g/mol. The average molecular weight is 546 g/mol. The molecule has 182 valence electrons. The van der Waals surface area contributed by atoms with E-state index in [1.807, 2.05) is 24.3 Å².